The van der Waals surface area contributed by atoms with Crippen LogP contribution in [0.3, 0.4) is 0 Å². The summed E-state index contributed by atoms with van der Waals surface area (Å²) in [6.07, 6.45) is -10.0. The molecule has 0 radical (unpaired) electrons. The maximum Gasteiger partial charge on any atom is 0.311 e. The molecule has 56 heavy (non-hydrogen) atoms. The van der Waals surface area contributed by atoms with Gasteiger partial charge in [-0.15, -0.1) is 0 Å². The summed E-state index contributed by atoms with van der Waals surface area (Å²) >= 11 is 0. The average Bonchev–Trinajstić information content (AvgIpc) is 3.14. The first-order valence-corrected chi connectivity index (χ1v) is 20.7. The van der Waals surface area contributed by atoms with Gasteiger partial charge >= 0.3 is 11.9 Å². The van der Waals surface area contributed by atoms with E-state index in [0.717, 1.165) is 0 Å². The van der Waals surface area contributed by atoms with Gasteiger partial charge in [-0.25, -0.2) is 13.1 Å². The van der Waals surface area contributed by atoms with Gasteiger partial charge in [-0.1, -0.05) is 39.0 Å². The van der Waals surface area contributed by atoms with Crippen molar-refractivity contribution in [2.75, 3.05) is 7.11 Å². The fourth-order valence-corrected chi connectivity index (χ4v) is 9.34. The number of esters is 2. The molecule has 3 saturated heterocycles. The summed E-state index contributed by atoms with van der Waals surface area (Å²) in [6.45, 7) is 14.1. The molecule has 1 aromatic rings. The zero-order valence-corrected chi connectivity index (χ0v) is 34.8. The molecule has 1 aromatic carbocycles. The minimum Gasteiger partial charge on any atom is -0.457 e. The molecule has 0 saturated carbocycles. The highest BCUT2D eigenvalue weighted by Crippen LogP contribution is 2.40. The third-order valence-electron chi connectivity index (χ3n) is 11.5. The first-order valence-electron chi connectivity index (χ1n) is 19.2. The summed E-state index contributed by atoms with van der Waals surface area (Å²) in [4.78, 5) is 40.1. The van der Waals surface area contributed by atoms with E-state index in [9.17, 15) is 38.1 Å². The van der Waals surface area contributed by atoms with Crippen LogP contribution in [0.25, 0.3) is 0 Å². The summed E-state index contributed by atoms with van der Waals surface area (Å²) in [7, 11) is -2.64. The number of hydrogen-bond donors (Lipinski definition) is 4. The summed E-state index contributed by atoms with van der Waals surface area (Å²) in [5, 5.41) is 34.9. The standard InChI is InChI=1S/C39H61NO15S/c1-11-28-39(9,20-41)55-34(44)21(2)18-37(7,46)33(54-36-30(42)27(17-22(3)50-36)40-56(47,48)26-15-13-12-14-16-26)23(4)31(24(5)35(45)52-28)53-29-19-38(8,49-10)32(43)25(6)51-29/h12-16,20-25,27-33,36,40,42-43,46H,11,17-19H2,1-10H3/t21-,22-,23+,24-,25+,27+,28-,29+,30-,31+,32+,33-,36+,37-,38-,39-/m1/s1. The molecule has 0 aromatic heterocycles. The number of rotatable bonds is 10. The van der Waals surface area contributed by atoms with E-state index < -0.39 is 118 Å². The predicted octanol–water partition coefficient (Wildman–Crippen LogP) is 2.39. The lowest BCUT2D eigenvalue weighted by atomic mass is 9.77. The molecule has 3 aliphatic heterocycles. The third kappa shape index (κ3) is 10.2. The Morgan fingerprint density at radius 1 is 0.964 bits per heavy atom. The van der Waals surface area contributed by atoms with Gasteiger partial charge in [-0.3, -0.25) is 14.4 Å². The van der Waals surface area contributed by atoms with Crippen LogP contribution in [-0.2, 0) is 57.6 Å². The second-order valence-corrected chi connectivity index (χ2v) is 18.1. The number of benzene rings is 1. The van der Waals surface area contributed by atoms with Crippen molar-refractivity contribution in [1.82, 2.24) is 4.72 Å². The van der Waals surface area contributed by atoms with Gasteiger partial charge in [-0.2, -0.15) is 0 Å². The number of aliphatic hydroxyl groups is 3. The van der Waals surface area contributed by atoms with E-state index in [-0.39, 0.29) is 30.6 Å². The Bertz CT molecular complexity index is 1610. The Morgan fingerprint density at radius 3 is 2.20 bits per heavy atom. The quantitative estimate of drug-likeness (QED) is 0.197. The van der Waals surface area contributed by atoms with E-state index in [4.69, 9.17) is 33.2 Å². The normalized spacial score (nSPS) is 43.3. The van der Waals surface area contributed by atoms with Crippen LogP contribution < -0.4 is 4.72 Å². The first-order chi connectivity index (χ1) is 26.0. The maximum absolute atomic E-state index is 14.1. The number of carbonyl (C=O) groups excluding carboxylic acids is 3. The highest BCUT2D eigenvalue weighted by molar-refractivity contribution is 7.89. The Balaban J connectivity index is 1.79. The van der Waals surface area contributed by atoms with Gasteiger partial charge in [0.2, 0.25) is 15.6 Å². The molecule has 16 nitrogen and oxygen atoms in total. The van der Waals surface area contributed by atoms with Crippen molar-refractivity contribution in [3.63, 3.8) is 0 Å². The van der Waals surface area contributed by atoms with Gasteiger partial charge < -0.3 is 48.5 Å². The monoisotopic (exact) mass is 815 g/mol. The van der Waals surface area contributed by atoms with Crippen molar-refractivity contribution < 1.29 is 71.3 Å². The topological polar surface area (TPSA) is 223 Å². The molecule has 4 N–H and O–H groups in total. The fraction of sp³-hybridized carbons (Fsp3) is 0.769. The van der Waals surface area contributed by atoms with Gasteiger partial charge in [0.15, 0.2) is 18.9 Å². The van der Waals surface area contributed by atoms with E-state index in [1.807, 2.05) is 0 Å². The lowest BCUT2D eigenvalue weighted by Crippen LogP contribution is -2.61. The number of hydrogen-bond acceptors (Lipinski definition) is 15. The second-order valence-electron chi connectivity index (χ2n) is 16.3. The zero-order chi connectivity index (χ0) is 42.0. The van der Waals surface area contributed by atoms with Crippen molar-refractivity contribution in [1.29, 1.82) is 0 Å². The van der Waals surface area contributed by atoms with Crippen LogP contribution in [0.4, 0.5) is 0 Å². The van der Waals surface area contributed by atoms with Crippen molar-refractivity contribution in [3.8, 4) is 0 Å². The molecule has 0 spiro atoms. The van der Waals surface area contributed by atoms with Gasteiger partial charge in [-0.05, 0) is 72.9 Å². The predicted molar refractivity (Wildman–Crippen MR) is 199 cm³/mol. The summed E-state index contributed by atoms with van der Waals surface area (Å²) in [5.41, 5.74) is -4.94. The number of carbonyl (C=O) groups is 3. The van der Waals surface area contributed by atoms with E-state index in [2.05, 4.69) is 4.72 Å². The number of ether oxygens (including phenoxy) is 7. The van der Waals surface area contributed by atoms with Crippen LogP contribution in [0.5, 0.6) is 0 Å². The molecule has 3 aliphatic rings. The Hall–Kier alpha value is -2.58. The molecule has 16 atom stereocenters. The third-order valence-corrected chi connectivity index (χ3v) is 13.0. The molecule has 17 heteroatoms. The Morgan fingerprint density at radius 2 is 1.61 bits per heavy atom. The second kappa shape index (κ2) is 18.1. The number of aldehydes is 1. The summed E-state index contributed by atoms with van der Waals surface area (Å²) < 4.78 is 71.7. The number of aliphatic hydroxyl groups excluding tert-OH is 2. The Labute approximate surface area is 329 Å². The number of methoxy groups -OCH3 is 1. The lowest BCUT2D eigenvalue weighted by Gasteiger charge is -2.48. The van der Waals surface area contributed by atoms with Gasteiger partial charge in [0.1, 0.15) is 18.3 Å². The van der Waals surface area contributed by atoms with Gasteiger partial charge in [0.25, 0.3) is 0 Å². The summed E-state index contributed by atoms with van der Waals surface area (Å²) in [5.74, 6) is -4.84. The Kier molecular flexibility index (Phi) is 14.9. The minimum atomic E-state index is -4.09. The van der Waals surface area contributed by atoms with E-state index in [1.54, 1.807) is 52.8 Å². The van der Waals surface area contributed by atoms with Crippen molar-refractivity contribution in [2.45, 2.75) is 171 Å². The average molecular weight is 816 g/mol. The van der Waals surface area contributed by atoms with Gasteiger partial charge in [0, 0.05) is 19.4 Å². The first kappa shape index (κ1) is 46.1. The van der Waals surface area contributed by atoms with E-state index in [1.165, 1.54) is 46.9 Å². The van der Waals surface area contributed by atoms with Crippen molar-refractivity contribution >= 4 is 28.2 Å². The van der Waals surface area contributed by atoms with E-state index in [0.29, 0.717) is 6.29 Å². The van der Waals surface area contributed by atoms with Crippen LogP contribution in [-0.4, -0.2) is 127 Å². The van der Waals surface area contributed by atoms with Crippen LogP contribution in [0, 0.1) is 17.8 Å². The number of cyclic esters (lactones) is 2. The molecule has 4 rings (SSSR count). The SMILES string of the molecule is CC[C@H]1OC(=O)[C@H](C)[C@@H](O[C@H]2C[C@@](C)(OC)[C@@H](O)[C@H](C)O2)[C@H](C)[C@@H](O[C@@H]2O[C@H](C)C[C@H](NS(=O)(=O)c3ccccc3)[C@H]2O)[C@](C)(O)C[C@@H](C)C(=O)O[C@]1(C)C=O. The highest BCUT2D eigenvalue weighted by Gasteiger charge is 2.53. The molecule has 3 heterocycles. The number of sulfonamides is 1. The van der Waals surface area contributed by atoms with Crippen LogP contribution >= 0.6 is 0 Å². The smallest absolute Gasteiger partial charge is 0.311 e. The van der Waals surface area contributed by atoms with E-state index >= 15 is 0 Å². The largest absolute Gasteiger partial charge is 0.457 e. The molecule has 3 fully saturated rings. The highest BCUT2D eigenvalue weighted by atomic mass is 32.2. The minimum absolute atomic E-state index is 0.00956. The van der Waals surface area contributed by atoms with Crippen LogP contribution in [0.15, 0.2) is 35.2 Å². The molecular weight excluding hydrogens is 754 g/mol. The molecule has 0 bridgehead atoms. The molecule has 318 valence electrons. The molecular formula is C39H61NO15S. The number of nitrogens with one attached hydrogen (secondary N) is 1. The maximum atomic E-state index is 14.1. The zero-order valence-electron chi connectivity index (χ0n) is 33.9. The fourth-order valence-electron chi connectivity index (χ4n) is 8.06. The molecule has 0 amide bonds. The van der Waals surface area contributed by atoms with Crippen molar-refractivity contribution in [2.24, 2.45) is 17.8 Å². The van der Waals surface area contributed by atoms with Crippen molar-refractivity contribution in [3.05, 3.63) is 30.3 Å². The molecule has 0 unspecified atom stereocenters. The van der Waals surface area contributed by atoms with Crippen LogP contribution in [0.2, 0.25) is 0 Å². The van der Waals surface area contributed by atoms with Crippen LogP contribution in [0.1, 0.15) is 88.0 Å². The lowest BCUT2D eigenvalue weighted by molar-refractivity contribution is -0.315. The molecule has 0 aliphatic carbocycles. The van der Waals surface area contributed by atoms with Gasteiger partial charge in [0.05, 0.1) is 58.4 Å². The summed E-state index contributed by atoms with van der Waals surface area (Å²) in [6, 6.07) is 6.58.